The van der Waals surface area contributed by atoms with Crippen molar-refractivity contribution in [2.75, 3.05) is 19.0 Å². The van der Waals surface area contributed by atoms with E-state index in [0.29, 0.717) is 11.4 Å². The first-order chi connectivity index (χ1) is 15.6. The van der Waals surface area contributed by atoms with E-state index in [9.17, 15) is 13.2 Å². The quantitative estimate of drug-likeness (QED) is 0.516. The average molecular weight is 467 g/mol. The van der Waals surface area contributed by atoms with Gasteiger partial charge in [0.1, 0.15) is 5.75 Å². The van der Waals surface area contributed by atoms with Crippen molar-refractivity contribution >= 4 is 21.6 Å². The van der Waals surface area contributed by atoms with Crippen molar-refractivity contribution in [2.45, 2.75) is 37.6 Å². The molecule has 0 unspecified atom stereocenters. The fourth-order valence-electron chi connectivity index (χ4n) is 3.21. The number of nitrogens with one attached hydrogen (secondary N) is 1. The minimum Gasteiger partial charge on any atom is -0.484 e. The van der Waals surface area contributed by atoms with Gasteiger partial charge in [-0.25, -0.2) is 8.42 Å². The molecular weight excluding hydrogens is 436 g/mol. The zero-order valence-electron chi connectivity index (χ0n) is 19.4. The fourth-order valence-corrected chi connectivity index (χ4v) is 4.37. The van der Waals surface area contributed by atoms with Gasteiger partial charge in [0, 0.05) is 19.3 Å². The molecule has 3 aromatic rings. The summed E-state index contributed by atoms with van der Waals surface area (Å²) < 4.78 is 32.5. The predicted molar refractivity (Wildman–Crippen MR) is 131 cm³/mol. The molecule has 6 nitrogen and oxygen atoms in total. The molecule has 0 fully saturated rings. The Morgan fingerprint density at radius 3 is 2.09 bits per heavy atom. The normalized spacial score (nSPS) is 11.9. The van der Waals surface area contributed by atoms with Gasteiger partial charge in [0.2, 0.25) is 10.0 Å². The van der Waals surface area contributed by atoms with Gasteiger partial charge >= 0.3 is 0 Å². The van der Waals surface area contributed by atoms with Gasteiger partial charge in [0.15, 0.2) is 6.61 Å². The lowest BCUT2D eigenvalue weighted by molar-refractivity contribution is -0.118. The fraction of sp³-hybridized carbons (Fsp3) is 0.269. The zero-order valence-corrected chi connectivity index (χ0v) is 20.2. The molecule has 0 aliphatic heterocycles. The minimum atomic E-state index is -3.65. The van der Waals surface area contributed by atoms with E-state index in [2.05, 4.69) is 26.1 Å². The van der Waals surface area contributed by atoms with Gasteiger partial charge < -0.3 is 10.1 Å². The number of ether oxygens (including phenoxy) is 1. The maximum absolute atomic E-state index is 12.8. The summed E-state index contributed by atoms with van der Waals surface area (Å²) in [7, 11) is -2.10. The van der Waals surface area contributed by atoms with Crippen LogP contribution in [0.2, 0.25) is 0 Å². The van der Waals surface area contributed by atoms with Crippen LogP contribution in [0.25, 0.3) is 0 Å². The molecule has 174 valence electrons. The van der Waals surface area contributed by atoms with Gasteiger partial charge in [-0.05, 0) is 52.9 Å². The molecule has 0 radical (unpaired) electrons. The van der Waals surface area contributed by atoms with Gasteiger partial charge in [-0.15, -0.1) is 0 Å². The van der Waals surface area contributed by atoms with Crippen molar-refractivity contribution in [2.24, 2.45) is 0 Å². The van der Waals surface area contributed by atoms with Crippen LogP contribution in [0.5, 0.6) is 5.75 Å². The van der Waals surface area contributed by atoms with Gasteiger partial charge in [0.25, 0.3) is 5.91 Å². The van der Waals surface area contributed by atoms with E-state index < -0.39 is 10.0 Å². The standard InChI is InChI=1S/C26H30N2O4S/c1-26(2,3)21-10-14-23(15-11-21)32-19-25(29)27-22-12-16-24(17-13-22)33(30,31)28(4)18-20-8-6-5-7-9-20/h5-17H,18-19H2,1-4H3,(H,27,29). The highest BCUT2D eigenvalue weighted by atomic mass is 32.2. The number of amides is 1. The average Bonchev–Trinajstić information content (AvgIpc) is 2.78. The van der Waals surface area contributed by atoms with E-state index >= 15 is 0 Å². The maximum Gasteiger partial charge on any atom is 0.262 e. The molecule has 7 heteroatoms. The third-order valence-electron chi connectivity index (χ3n) is 5.18. The van der Waals surface area contributed by atoms with Crippen LogP contribution in [-0.2, 0) is 26.8 Å². The Balaban J connectivity index is 1.55. The number of carbonyl (C=O) groups excluding carboxylic acids is 1. The monoisotopic (exact) mass is 466 g/mol. The topological polar surface area (TPSA) is 75.7 Å². The van der Waals surface area contributed by atoms with Crippen molar-refractivity contribution < 1.29 is 17.9 Å². The van der Waals surface area contributed by atoms with E-state index in [4.69, 9.17) is 4.74 Å². The molecule has 0 aliphatic carbocycles. The van der Waals surface area contributed by atoms with Crippen LogP contribution in [0.15, 0.2) is 83.8 Å². The highest BCUT2D eigenvalue weighted by Gasteiger charge is 2.21. The summed E-state index contributed by atoms with van der Waals surface area (Å²) >= 11 is 0. The number of nitrogens with zero attached hydrogens (tertiary/aromatic N) is 1. The molecular formula is C26H30N2O4S. The summed E-state index contributed by atoms with van der Waals surface area (Å²) in [5, 5.41) is 2.72. The second-order valence-corrected chi connectivity index (χ2v) is 10.9. The van der Waals surface area contributed by atoms with Crippen molar-refractivity contribution in [3.05, 3.63) is 90.0 Å². The Morgan fingerprint density at radius 1 is 0.909 bits per heavy atom. The van der Waals surface area contributed by atoms with E-state index in [1.807, 2.05) is 54.6 Å². The van der Waals surface area contributed by atoms with Crippen molar-refractivity contribution in [3.8, 4) is 5.75 Å². The molecule has 3 aromatic carbocycles. The number of benzene rings is 3. The van der Waals surface area contributed by atoms with Crippen LogP contribution in [0.4, 0.5) is 5.69 Å². The van der Waals surface area contributed by atoms with Crippen LogP contribution in [0, 0.1) is 0 Å². The second kappa shape index (κ2) is 10.2. The predicted octanol–water partition coefficient (Wildman–Crippen LogP) is 4.82. The molecule has 0 spiro atoms. The minimum absolute atomic E-state index is 0.0475. The number of sulfonamides is 1. The lowest BCUT2D eigenvalue weighted by atomic mass is 9.87. The molecule has 1 N–H and O–H groups in total. The Hall–Kier alpha value is -3.16. The molecule has 0 saturated carbocycles. The first-order valence-corrected chi connectivity index (χ1v) is 12.1. The lowest BCUT2D eigenvalue weighted by Gasteiger charge is -2.19. The van der Waals surface area contributed by atoms with Crippen LogP contribution < -0.4 is 10.1 Å². The molecule has 0 bridgehead atoms. The molecule has 0 atom stereocenters. The van der Waals surface area contributed by atoms with Crippen molar-refractivity contribution in [1.29, 1.82) is 0 Å². The van der Waals surface area contributed by atoms with Gasteiger partial charge in [-0.1, -0.05) is 63.2 Å². The highest BCUT2D eigenvalue weighted by Crippen LogP contribution is 2.24. The largest absolute Gasteiger partial charge is 0.484 e. The third kappa shape index (κ3) is 6.66. The number of rotatable bonds is 8. The van der Waals surface area contributed by atoms with Gasteiger partial charge in [0.05, 0.1) is 4.90 Å². The summed E-state index contributed by atoms with van der Waals surface area (Å²) in [6, 6.07) is 23.2. The zero-order chi connectivity index (χ0) is 24.1. The van der Waals surface area contributed by atoms with Gasteiger partial charge in [-0.3, -0.25) is 4.79 Å². The number of hydrogen-bond acceptors (Lipinski definition) is 4. The van der Waals surface area contributed by atoms with Crippen molar-refractivity contribution in [1.82, 2.24) is 4.31 Å². The molecule has 0 heterocycles. The molecule has 3 rings (SSSR count). The Kier molecular flexibility index (Phi) is 7.56. The first-order valence-electron chi connectivity index (χ1n) is 10.7. The summed E-state index contributed by atoms with van der Waals surface area (Å²) in [6.07, 6.45) is 0. The summed E-state index contributed by atoms with van der Waals surface area (Å²) in [5.74, 6) is 0.285. The lowest BCUT2D eigenvalue weighted by Crippen LogP contribution is -2.26. The molecule has 0 aliphatic rings. The summed E-state index contributed by atoms with van der Waals surface area (Å²) in [6.45, 7) is 6.53. The molecule has 0 saturated heterocycles. The Bertz CT molecular complexity index is 1170. The van der Waals surface area contributed by atoms with Crippen LogP contribution in [0.1, 0.15) is 31.9 Å². The molecule has 33 heavy (non-hydrogen) atoms. The number of hydrogen-bond donors (Lipinski definition) is 1. The summed E-state index contributed by atoms with van der Waals surface area (Å²) in [5.41, 5.74) is 2.63. The van der Waals surface area contributed by atoms with Crippen LogP contribution in [0.3, 0.4) is 0 Å². The number of carbonyl (C=O) groups is 1. The Morgan fingerprint density at radius 2 is 1.52 bits per heavy atom. The van der Waals surface area contributed by atoms with Crippen LogP contribution in [-0.4, -0.2) is 32.3 Å². The second-order valence-electron chi connectivity index (χ2n) is 8.88. The molecule has 0 aromatic heterocycles. The van der Waals surface area contributed by atoms with Crippen LogP contribution >= 0.6 is 0 Å². The van der Waals surface area contributed by atoms with Crippen molar-refractivity contribution in [3.63, 3.8) is 0 Å². The van der Waals surface area contributed by atoms with E-state index in [0.717, 1.165) is 5.56 Å². The SMILES string of the molecule is CN(Cc1ccccc1)S(=O)(=O)c1ccc(NC(=O)COc2ccc(C(C)(C)C)cc2)cc1. The Labute approximate surface area is 196 Å². The van der Waals surface area contributed by atoms with E-state index in [-0.39, 0.29) is 29.4 Å². The molecule has 1 amide bonds. The first kappa shape index (κ1) is 24.5. The van der Waals surface area contributed by atoms with E-state index in [1.165, 1.54) is 22.0 Å². The smallest absolute Gasteiger partial charge is 0.262 e. The van der Waals surface area contributed by atoms with E-state index in [1.54, 1.807) is 19.2 Å². The third-order valence-corrected chi connectivity index (χ3v) is 7.00. The number of anilines is 1. The van der Waals surface area contributed by atoms with Gasteiger partial charge in [-0.2, -0.15) is 4.31 Å². The maximum atomic E-state index is 12.8. The highest BCUT2D eigenvalue weighted by molar-refractivity contribution is 7.89. The summed E-state index contributed by atoms with van der Waals surface area (Å²) in [4.78, 5) is 12.4.